The lowest BCUT2D eigenvalue weighted by Crippen LogP contribution is -2.19. The number of rotatable bonds is 3. The Morgan fingerprint density at radius 3 is 3.00 bits per heavy atom. The van der Waals surface area contributed by atoms with Crippen molar-refractivity contribution >= 4 is 5.95 Å². The highest BCUT2D eigenvalue weighted by Crippen LogP contribution is 2.32. The summed E-state index contributed by atoms with van der Waals surface area (Å²) in [5.41, 5.74) is 2.92. The van der Waals surface area contributed by atoms with Crippen LogP contribution in [0.2, 0.25) is 0 Å². The van der Waals surface area contributed by atoms with E-state index in [-0.39, 0.29) is 0 Å². The molecule has 1 aromatic heterocycles. The summed E-state index contributed by atoms with van der Waals surface area (Å²) in [6, 6.07) is 9.59. The molecule has 3 nitrogen and oxygen atoms in total. The van der Waals surface area contributed by atoms with E-state index in [1.807, 2.05) is 12.4 Å². The molecule has 1 aliphatic rings. The Morgan fingerprint density at radius 2 is 2.16 bits per heavy atom. The number of hydrogen-bond donors (Lipinski definition) is 1. The van der Waals surface area contributed by atoms with Gasteiger partial charge in [0.25, 0.3) is 0 Å². The fourth-order valence-corrected chi connectivity index (χ4v) is 2.90. The fraction of sp³-hybridized carbons (Fsp3) is 0.438. The summed E-state index contributed by atoms with van der Waals surface area (Å²) in [4.78, 5) is 4.46. The number of aromatic nitrogens is 2. The minimum atomic E-state index is 0.393. The standard InChI is InChI=1S/C16H21N3/c1-12(2)19-11-10-17-16(19)18-15-9-5-7-13-6-3-4-8-14(13)15/h3-4,6,8,10-12,15H,5,7,9H2,1-2H3,(H,17,18). The molecule has 2 aromatic rings. The molecule has 3 heteroatoms. The van der Waals surface area contributed by atoms with E-state index in [0.29, 0.717) is 12.1 Å². The van der Waals surface area contributed by atoms with Gasteiger partial charge in [0.05, 0.1) is 6.04 Å². The molecule has 1 aromatic carbocycles. The Morgan fingerprint density at radius 1 is 1.32 bits per heavy atom. The summed E-state index contributed by atoms with van der Waals surface area (Å²) in [7, 11) is 0. The number of fused-ring (bicyclic) bond motifs is 1. The van der Waals surface area contributed by atoms with E-state index < -0.39 is 0 Å². The Labute approximate surface area is 114 Å². The van der Waals surface area contributed by atoms with Crippen molar-refractivity contribution in [3.05, 3.63) is 47.8 Å². The quantitative estimate of drug-likeness (QED) is 0.900. The third kappa shape index (κ3) is 2.37. The summed E-state index contributed by atoms with van der Waals surface area (Å²) in [5.74, 6) is 0.983. The fourth-order valence-electron chi connectivity index (χ4n) is 2.90. The maximum absolute atomic E-state index is 4.46. The largest absolute Gasteiger partial charge is 0.349 e. The molecule has 0 spiro atoms. The summed E-state index contributed by atoms with van der Waals surface area (Å²) < 4.78 is 2.19. The van der Waals surface area contributed by atoms with Gasteiger partial charge >= 0.3 is 0 Å². The smallest absolute Gasteiger partial charge is 0.203 e. The first-order valence-corrected chi connectivity index (χ1v) is 7.13. The molecule has 0 saturated heterocycles. The Kier molecular flexibility index (Phi) is 3.28. The van der Waals surface area contributed by atoms with Crippen LogP contribution < -0.4 is 5.32 Å². The number of nitrogens with one attached hydrogen (secondary N) is 1. The van der Waals surface area contributed by atoms with E-state index in [4.69, 9.17) is 0 Å². The van der Waals surface area contributed by atoms with Gasteiger partial charge < -0.3 is 9.88 Å². The van der Waals surface area contributed by atoms with Gasteiger partial charge in [-0.3, -0.25) is 0 Å². The summed E-state index contributed by atoms with van der Waals surface area (Å²) in [6.07, 6.45) is 7.55. The van der Waals surface area contributed by atoms with Crippen molar-refractivity contribution in [3.63, 3.8) is 0 Å². The molecule has 3 rings (SSSR count). The van der Waals surface area contributed by atoms with Gasteiger partial charge in [-0.2, -0.15) is 0 Å². The average molecular weight is 255 g/mol. The second-order valence-electron chi connectivity index (χ2n) is 5.54. The van der Waals surface area contributed by atoms with E-state index in [1.54, 1.807) is 0 Å². The number of imidazole rings is 1. The molecule has 1 atom stereocenters. The van der Waals surface area contributed by atoms with E-state index >= 15 is 0 Å². The van der Waals surface area contributed by atoms with Crippen LogP contribution in [-0.4, -0.2) is 9.55 Å². The molecule has 0 radical (unpaired) electrons. The Hall–Kier alpha value is -1.77. The molecular formula is C16H21N3. The molecule has 19 heavy (non-hydrogen) atoms. The number of hydrogen-bond acceptors (Lipinski definition) is 2. The van der Waals surface area contributed by atoms with E-state index in [9.17, 15) is 0 Å². The summed E-state index contributed by atoms with van der Waals surface area (Å²) in [6.45, 7) is 4.36. The average Bonchev–Trinajstić information content (AvgIpc) is 2.87. The SMILES string of the molecule is CC(C)n1ccnc1NC1CCCc2ccccc21. The van der Waals surface area contributed by atoms with Crippen LogP contribution in [-0.2, 0) is 6.42 Å². The van der Waals surface area contributed by atoms with Gasteiger partial charge in [-0.1, -0.05) is 24.3 Å². The van der Waals surface area contributed by atoms with Crippen LogP contribution in [0, 0.1) is 0 Å². The lowest BCUT2D eigenvalue weighted by molar-refractivity contribution is 0.568. The highest BCUT2D eigenvalue weighted by Gasteiger charge is 2.21. The van der Waals surface area contributed by atoms with Gasteiger partial charge in [0, 0.05) is 18.4 Å². The first kappa shape index (κ1) is 12.3. The molecule has 1 aliphatic carbocycles. The topological polar surface area (TPSA) is 29.9 Å². The van der Waals surface area contributed by atoms with Crippen molar-refractivity contribution < 1.29 is 0 Å². The molecule has 1 N–H and O–H groups in total. The first-order valence-electron chi connectivity index (χ1n) is 7.13. The predicted molar refractivity (Wildman–Crippen MR) is 78.4 cm³/mol. The van der Waals surface area contributed by atoms with Crippen molar-refractivity contribution in [1.29, 1.82) is 0 Å². The van der Waals surface area contributed by atoms with Crippen LogP contribution in [0.5, 0.6) is 0 Å². The molecule has 100 valence electrons. The monoisotopic (exact) mass is 255 g/mol. The minimum absolute atomic E-state index is 0.393. The molecule has 0 fully saturated rings. The van der Waals surface area contributed by atoms with E-state index in [2.05, 4.69) is 53.0 Å². The molecule has 0 bridgehead atoms. The third-order valence-electron chi connectivity index (χ3n) is 3.90. The normalized spacial score (nSPS) is 18.4. The predicted octanol–water partition coefficient (Wildman–Crippen LogP) is 3.95. The van der Waals surface area contributed by atoms with Gasteiger partial charge in [-0.15, -0.1) is 0 Å². The van der Waals surface area contributed by atoms with Gasteiger partial charge in [0.2, 0.25) is 5.95 Å². The van der Waals surface area contributed by atoms with Gasteiger partial charge in [0.15, 0.2) is 0 Å². The van der Waals surface area contributed by atoms with Gasteiger partial charge in [-0.05, 0) is 44.2 Å². The van der Waals surface area contributed by atoms with Gasteiger partial charge in [-0.25, -0.2) is 4.98 Å². The van der Waals surface area contributed by atoms with Crippen molar-refractivity contribution in [3.8, 4) is 0 Å². The highest BCUT2D eigenvalue weighted by atomic mass is 15.2. The molecule has 0 amide bonds. The lowest BCUT2D eigenvalue weighted by atomic mass is 9.88. The molecule has 1 unspecified atom stereocenters. The number of anilines is 1. The van der Waals surface area contributed by atoms with Crippen molar-refractivity contribution in [2.24, 2.45) is 0 Å². The van der Waals surface area contributed by atoms with E-state index in [0.717, 1.165) is 5.95 Å². The lowest BCUT2D eigenvalue weighted by Gasteiger charge is -2.27. The second-order valence-corrected chi connectivity index (χ2v) is 5.54. The molecule has 1 heterocycles. The first-order chi connectivity index (χ1) is 9.25. The summed E-state index contributed by atoms with van der Waals surface area (Å²) >= 11 is 0. The highest BCUT2D eigenvalue weighted by molar-refractivity contribution is 5.39. The Bertz CT molecular complexity index is 557. The van der Waals surface area contributed by atoms with Crippen LogP contribution in [0.1, 0.15) is 49.9 Å². The van der Waals surface area contributed by atoms with Crippen LogP contribution >= 0.6 is 0 Å². The zero-order chi connectivity index (χ0) is 13.2. The van der Waals surface area contributed by atoms with Crippen molar-refractivity contribution in [2.45, 2.75) is 45.2 Å². The second kappa shape index (κ2) is 5.08. The third-order valence-corrected chi connectivity index (χ3v) is 3.90. The summed E-state index contributed by atoms with van der Waals surface area (Å²) in [5, 5.41) is 3.62. The number of aryl methyl sites for hydroxylation is 1. The zero-order valence-corrected chi connectivity index (χ0v) is 11.6. The molecule has 0 aliphatic heterocycles. The van der Waals surface area contributed by atoms with Crippen LogP contribution in [0.4, 0.5) is 5.95 Å². The maximum atomic E-state index is 4.46. The minimum Gasteiger partial charge on any atom is -0.349 e. The van der Waals surface area contributed by atoms with Crippen molar-refractivity contribution in [1.82, 2.24) is 9.55 Å². The molecule has 0 saturated carbocycles. The van der Waals surface area contributed by atoms with Crippen LogP contribution in [0.25, 0.3) is 0 Å². The van der Waals surface area contributed by atoms with E-state index in [1.165, 1.54) is 30.4 Å². The van der Waals surface area contributed by atoms with Crippen LogP contribution in [0.15, 0.2) is 36.7 Å². The number of benzene rings is 1. The molecular weight excluding hydrogens is 234 g/mol. The van der Waals surface area contributed by atoms with Crippen molar-refractivity contribution in [2.75, 3.05) is 5.32 Å². The van der Waals surface area contributed by atoms with Gasteiger partial charge in [0.1, 0.15) is 0 Å². The zero-order valence-electron chi connectivity index (χ0n) is 11.6. The maximum Gasteiger partial charge on any atom is 0.203 e. The number of nitrogens with zero attached hydrogens (tertiary/aromatic N) is 2. The Balaban J connectivity index is 1.87. The van der Waals surface area contributed by atoms with Crippen LogP contribution in [0.3, 0.4) is 0 Å².